The second kappa shape index (κ2) is 10.6. The Bertz CT molecular complexity index is 262. The SMILES string of the molecule is CC/C=C(\CC/N=C\S)NCOCC[Si](C)(C)C. The second-order valence-corrected chi connectivity index (χ2v) is 11.3. The zero-order chi connectivity index (χ0) is 13.9. The molecule has 0 aliphatic rings. The predicted molar refractivity (Wildman–Crippen MR) is 87.4 cm³/mol. The molecule has 5 heteroatoms. The van der Waals surface area contributed by atoms with Crippen LogP contribution in [0, 0.1) is 0 Å². The van der Waals surface area contributed by atoms with Crippen molar-refractivity contribution in [2.24, 2.45) is 4.99 Å². The number of nitrogens with one attached hydrogen (secondary N) is 1. The van der Waals surface area contributed by atoms with E-state index in [1.165, 1.54) is 11.7 Å². The minimum absolute atomic E-state index is 0.598. The number of hydrogen-bond donors (Lipinski definition) is 2. The molecule has 0 radical (unpaired) electrons. The minimum atomic E-state index is -0.971. The van der Waals surface area contributed by atoms with Crippen molar-refractivity contribution < 1.29 is 4.74 Å². The van der Waals surface area contributed by atoms with Gasteiger partial charge in [0.15, 0.2) is 0 Å². The second-order valence-electron chi connectivity index (χ2n) is 5.45. The fourth-order valence-corrected chi connectivity index (χ4v) is 2.22. The summed E-state index contributed by atoms with van der Waals surface area (Å²) in [6.07, 6.45) is 4.14. The molecule has 0 amide bonds. The molecule has 0 aromatic carbocycles. The first-order chi connectivity index (χ1) is 8.49. The van der Waals surface area contributed by atoms with Crippen LogP contribution in [0.25, 0.3) is 0 Å². The highest BCUT2D eigenvalue weighted by Gasteiger charge is 2.11. The van der Waals surface area contributed by atoms with E-state index >= 15 is 0 Å². The molecule has 0 aliphatic carbocycles. The van der Waals surface area contributed by atoms with Crippen LogP contribution in [0.2, 0.25) is 25.7 Å². The Morgan fingerprint density at radius 2 is 2.11 bits per heavy atom. The third kappa shape index (κ3) is 12.2. The molecule has 3 nitrogen and oxygen atoms in total. The van der Waals surface area contributed by atoms with Crippen molar-refractivity contribution in [1.82, 2.24) is 5.32 Å². The average molecular weight is 289 g/mol. The van der Waals surface area contributed by atoms with Crippen molar-refractivity contribution in [2.45, 2.75) is 45.5 Å². The van der Waals surface area contributed by atoms with E-state index in [0.717, 1.165) is 26.0 Å². The van der Waals surface area contributed by atoms with Gasteiger partial charge < -0.3 is 10.1 Å². The maximum atomic E-state index is 5.62. The summed E-state index contributed by atoms with van der Waals surface area (Å²) in [6.45, 7) is 11.5. The van der Waals surface area contributed by atoms with Crippen LogP contribution in [0.3, 0.4) is 0 Å². The molecule has 0 unspecified atom stereocenters. The van der Waals surface area contributed by atoms with Gasteiger partial charge in [-0.3, -0.25) is 4.99 Å². The molecule has 0 spiro atoms. The van der Waals surface area contributed by atoms with Crippen molar-refractivity contribution in [1.29, 1.82) is 0 Å². The van der Waals surface area contributed by atoms with Gasteiger partial charge in [0.25, 0.3) is 0 Å². The fraction of sp³-hybridized carbons (Fsp3) is 0.769. The maximum Gasteiger partial charge on any atom is 0.116 e. The van der Waals surface area contributed by atoms with Crippen LogP contribution in [0.1, 0.15) is 19.8 Å². The zero-order valence-corrected chi connectivity index (χ0v) is 14.1. The topological polar surface area (TPSA) is 33.6 Å². The summed E-state index contributed by atoms with van der Waals surface area (Å²) in [5.41, 5.74) is 2.76. The minimum Gasteiger partial charge on any atom is -0.366 e. The van der Waals surface area contributed by atoms with Crippen LogP contribution in [0.15, 0.2) is 16.8 Å². The normalized spacial score (nSPS) is 13.3. The highest BCUT2D eigenvalue weighted by molar-refractivity contribution is 7.94. The van der Waals surface area contributed by atoms with Gasteiger partial charge in [0.2, 0.25) is 0 Å². The van der Waals surface area contributed by atoms with Crippen molar-refractivity contribution in [3.05, 3.63) is 11.8 Å². The molecular weight excluding hydrogens is 260 g/mol. The summed E-state index contributed by atoms with van der Waals surface area (Å²) in [4.78, 5) is 4.09. The summed E-state index contributed by atoms with van der Waals surface area (Å²) in [5, 5.41) is 3.32. The van der Waals surface area contributed by atoms with E-state index in [1.54, 1.807) is 5.55 Å². The quantitative estimate of drug-likeness (QED) is 0.161. The fourth-order valence-electron chi connectivity index (χ4n) is 1.35. The van der Waals surface area contributed by atoms with Gasteiger partial charge in [-0.15, -0.1) is 12.6 Å². The number of aliphatic imine (C=N–C) groups is 1. The third-order valence-electron chi connectivity index (χ3n) is 2.44. The van der Waals surface area contributed by atoms with E-state index in [1.807, 2.05) is 0 Å². The van der Waals surface area contributed by atoms with E-state index in [9.17, 15) is 0 Å². The molecule has 0 fully saturated rings. The smallest absolute Gasteiger partial charge is 0.116 e. The molecule has 0 rings (SSSR count). The Morgan fingerprint density at radius 1 is 1.39 bits per heavy atom. The predicted octanol–water partition coefficient (Wildman–Crippen LogP) is 3.53. The lowest BCUT2D eigenvalue weighted by Crippen LogP contribution is -2.24. The summed E-state index contributed by atoms with van der Waals surface area (Å²) in [5.74, 6) is 0. The van der Waals surface area contributed by atoms with Gasteiger partial charge in [0.05, 0.1) is 5.55 Å². The van der Waals surface area contributed by atoms with Crippen LogP contribution in [-0.4, -0.2) is 33.5 Å². The van der Waals surface area contributed by atoms with Crippen molar-refractivity contribution in [3.63, 3.8) is 0 Å². The van der Waals surface area contributed by atoms with Gasteiger partial charge in [-0.25, -0.2) is 0 Å². The van der Waals surface area contributed by atoms with Gasteiger partial charge in [0, 0.05) is 33.3 Å². The largest absolute Gasteiger partial charge is 0.366 e. The Hall–Kier alpha value is -0.263. The van der Waals surface area contributed by atoms with Crippen molar-refractivity contribution >= 4 is 26.2 Å². The Balaban J connectivity index is 3.74. The summed E-state index contributed by atoms with van der Waals surface area (Å²) in [6, 6.07) is 1.21. The molecule has 0 bridgehead atoms. The third-order valence-corrected chi connectivity index (χ3v) is 4.31. The van der Waals surface area contributed by atoms with Crippen LogP contribution >= 0.6 is 12.6 Å². The number of hydrogen-bond acceptors (Lipinski definition) is 3. The van der Waals surface area contributed by atoms with E-state index in [-0.39, 0.29) is 0 Å². The van der Waals surface area contributed by atoms with Gasteiger partial charge in [-0.2, -0.15) is 0 Å². The van der Waals surface area contributed by atoms with Gasteiger partial charge in [-0.05, 0) is 12.5 Å². The summed E-state index contributed by atoms with van der Waals surface area (Å²) >= 11 is 3.95. The van der Waals surface area contributed by atoms with Crippen molar-refractivity contribution in [3.8, 4) is 0 Å². The molecule has 0 saturated heterocycles. The van der Waals surface area contributed by atoms with E-state index in [4.69, 9.17) is 4.74 Å². The lowest BCUT2D eigenvalue weighted by atomic mass is 10.2. The van der Waals surface area contributed by atoms with Crippen LogP contribution < -0.4 is 5.32 Å². The van der Waals surface area contributed by atoms with Gasteiger partial charge in [0.1, 0.15) is 6.73 Å². The highest BCUT2D eigenvalue weighted by atomic mass is 32.1. The Labute approximate surface area is 119 Å². The molecule has 0 aromatic rings. The average Bonchev–Trinajstić information content (AvgIpc) is 2.27. The molecule has 0 aromatic heterocycles. The van der Waals surface area contributed by atoms with Crippen LogP contribution in [0.5, 0.6) is 0 Å². The number of thiol groups is 1. The highest BCUT2D eigenvalue weighted by Crippen LogP contribution is 2.07. The molecule has 18 heavy (non-hydrogen) atoms. The first-order valence-corrected chi connectivity index (χ1v) is 10.8. The van der Waals surface area contributed by atoms with Crippen LogP contribution in [-0.2, 0) is 4.74 Å². The Morgan fingerprint density at radius 3 is 2.67 bits per heavy atom. The first-order valence-electron chi connectivity index (χ1n) is 6.62. The number of nitrogens with zero attached hydrogens (tertiary/aromatic N) is 1. The summed E-state index contributed by atoms with van der Waals surface area (Å²) < 4.78 is 5.62. The molecule has 106 valence electrons. The van der Waals surface area contributed by atoms with E-state index < -0.39 is 8.07 Å². The number of ether oxygens (including phenoxy) is 1. The molecule has 1 N–H and O–H groups in total. The van der Waals surface area contributed by atoms with Gasteiger partial charge in [-0.1, -0.05) is 32.6 Å². The monoisotopic (exact) mass is 288 g/mol. The molecular formula is C13H28N2OSSi. The standard InChI is InChI=1S/C13H28N2OSSi/c1-5-6-13(7-8-14-12-17)15-11-16-9-10-18(2,3)4/h6,12,15H,5,7-11H2,1-4H3,(H,14,17)/b13-6+. The van der Waals surface area contributed by atoms with Crippen molar-refractivity contribution in [2.75, 3.05) is 19.9 Å². The molecule has 0 heterocycles. The molecule has 0 saturated carbocycles. The zero-order valence-electron chi connectivity index (χ0n) is 12.2. The first kappa shape index (κ1) is 17.7. The molecule has 0 aliphatic heterocycles. The summed E-state index contributed by atoms with van der Waals surface area (Å²) in [7, 11) is -0.971. The Kier molecular flexibility index (Phi) is 10.5. The molecule has 0 atom stereocenters. The van der Waals surface area contributed by atoms with Gasteiger partial charge >= 0.3 is 0 Å². The van der Waals surface area contributed by atoms with E-state index in [0.29, 0.717) is 6.73 Å². The van der Waals surface area contributed by atoms with Crippen LogP contribution in [0.4, 0.5) is 0 Å². The van der Waals surface area contributed by atoms with E-state index in [2.05, 4.69) is 55.6 Å². The number of rotatable bonds is 10. The maximum absolute atomic E-state index is 5.62. The number of allylic oxidation sites excluding steroid dienone is 1. The lowest BCUT2D eigenvalue weighted by Gasteiger charge is -2.16. The lowest BCUT2D eigenvalue weighted by molar-refractivity contribution is 0.134.